The summed E-state index contributed by atoms with van der Waals surface area (Å²) in [4.78, 5) is 13.0. The Morgan fingerprint density at radius 3 is 2.71 bits per heavy atom. The number of methoxy groups -OCH3 is 1. The van der Waals surface area contributed by atoms with E-state index in [0.29, 0.717) is 41.8 Å². The standard InChI is InChI=1S/C21H23ClN2O6S/c1-28-20-5-3-17(31(26,27)24-6-8-29-9-7-24)12-18(20)23-21(25)15-10-14-11-16(22)2-4-19(14)30-13-15/h2-5,11-12,15H,6-10,13H2,1H3,(H,23,25). The molecule has 2 aliphatic rings. The van der Waals surface area contributed by atoms with Gasteiger partial charge in [-0.05, 0) is 48.4 Å². The number of benzene rings is 2. The van der Waals surface area contributed by atoms with E-state index in [1.807, 2.05) is 0 Å². The van der Waals surface area contributed by atoms with Crippen molar-refractivity contribution >= 4 is 33.2 Å². The van der Waals surface area contributed by atoms with E-state index in [1.165, 1.54) is 29.6 Å². The number of nitrogens with one attached hydrogen (secondary N) is 1. The van der Waals surface area contributed by atoms with Crippen molar-refractivity contribution < 1.29 is 27.4 Å². The lowest BCUT2D eigenvalue weighted by Crippen LogP contribution is -2.40. The van der Waals surface area contributed by atoms with Crippen molar-refractivity contribution in [2.24, 2.45) is 5.92 Å². The van der Waals surface area contributed by atoms with Crippen LogP contribution < -0.4 is 14.8 Å². The van der Waals surface area contributed by atoms with Gasteiger partial charge in [0.15, 0.2) is 0 Å². The van der Waals surface area contributed by atoms with Crippen molar-refractivity contribution in [1.29, 1.82) is 0 Å². The Kier molecular flexibility index (Phi) is 6.38. The predicted octanol–water partition coefficient (Wildman–Crippen LogP) is 2.56. The Bertz CT molecular complexity index is 1090. The van der Waals surface area contributed by atoms with Crippen molar-refractivity contribution in [2.75, 3.05) is 45.3 Å². The number of ether oxygens (including phenoxy) is 3. The lowest BCUT2D eigenvalue weighted by molar-refractivity contribution is -0.121. The molecule has 2 heterocycles. The average Bonchev–Trinajstić information content (AvgIpc) is 2.79. The number of hydrogen-bond donors (Lipinski definition) is 1. The number of morpholine rings is 1. The molecule has 1 atom stereocenters. The molecule has 0 aliphatic carbocycles. The minimum atomic E-state index is -3.71. The summed E-state index contributed by atoms with van der Waals surface area (Å²) in [5, 5.41) is 3.38. The van der Waals surface area contributed by atoms with Gasteiger partial charge in [-0.1, -0.05) is 11.6 Å². The second-order valence-electron chi connectivity index (χ2n) is 7.33. The lowest BCUT2D eigenvalue weighted by Gasteiger charge is -2.27. The van der Waals surface area contributed by atoms with Crippen LogP contribution in [0.1, 0.15) is 5.56 Å². The highest BCUT2D eigenvalue weighted by molar-refractivity contribution is 7.89. The fourth-order valence-corrected chi connectivity index (χ4v) is 5.28. The van der Waals surface area contributed by atoms with Crippen molar-refractivity contribution in [3.05, 3.63) is 47.0 Å². The first-order valence-corrected chi connectivity index (χ1v) is 11.7. The molecule has 0 spiro atoms. The molecule has 10 heteroatoms. The van der Waals surface area contributed by atoms with Gasteiger partial charge in [0, 0.05) is 18.1 Å². The number of rotatable bonds is 5. The molecule has 166 valence electrons. The van der Waals surface area contributed by atoms with Crippen LogP contribution in [0.15, 0.2) is 41.3 Å². The largest absolute Gasteiger partial charge is 0.495 e. The number of nitrogens with zero attached hydrogens (tertiary/aromatic N) is 1. The molecule has 1 N–H and O–H groups in total. The highest BCUT2D eigenvalue weighted by atomic mass is 35.5. The maximum Gasteiger partial charge on any atom is 0.243 e. The van der Waals surface area contributed by atoms with E-state index in [9.17, 15) is 13.2 Å². The Labute approximate surface area is 186 Å². The molecule has 8 nitrogen and oxygen atoms in total. The van der Waals surface area contributed by atoms with Crippen LogP contribution in [0, 0.1) is 5.92 Å². The molecular weight excluding hydrogens is 444 g/mol. The topological polar surface area (TPSA) is 94.2 Å². The first-order valence-electron chi connectivity index (χ1n) is 9.86. The highest BCUT2D eigenvalue weighted by Gasteiger charge is 2.29. The van der Waals surface area contributed by atoms with Gasteiger partial charge in [0.2, 0.25) is 15.9 Å². The number of hydrogen-bond acceptors (Lipinski definition) is 6. The van der Waals surface area contributed by atoms with Crippen LogP contribution in [0.4, 0.5) is 5.69 Å². The molecular formula is C21H23ClN2O6S. The third-order valence-corrected chi connectivity index (χ3v) is 7.47. The van der Waals surface area contributed by atoms with Gasteiger partial charge in [0.25, 0.3) is 0 Å². The zero-order valence-electron chi connectivity index (χ0n) is 17.0. The number of amides is 1. The van der Waals surface area contributed by atoms with E-state index in [2.05, 4.69) is 5.32 Å². The van der Waals surface area contributed by atoms with Crippen LogP contribution in [0.5, 0.6) is 11.5 Å². The van der Waals surface area contributed by atoms with Gasteiger partial charge in [-0.2, -0.15) is 4.31 Å². The number of sulfonamides is 1. The van der Waals surface area contributed by atoms with Crippen LogP contribution in [0.2, 0.25) is 5.02 Å². The van der Waals surface area contributed by atoms with Gasteiger partial charge in [0.1, 0.15) is 18.1 Å². The zero-order chi connectivity index (χ0) is 22.0. The van der Waals surface area contributed by atoms with Crippen molar-refractivity contribution in [2.45, 2.75) is 11.3 Å². The van der Waals surface area contributed by atoms with Crippen LogP contribution in [0.25, 0.3) is 0 Å². The predicted molar refractivity (Wildman–Crippen MR) is 115 cm³/mol. The fraction of sp³-hybridized carbons (Fsp3) is 0.381. The molecule has 0 radical (unpaired) electrons. The summed E-state index contributed by atoms with van der Waals surface area (Å²) < 4.78 is 43.6. The summed E-state index contributed by atoms with van der Waals surface area (Å²) >= 11 is 6.06. The van der Waals surface area contributed by atoms with Gasteiger partial charge >= 0.3 is 0 Å². The number of halogens is 1. The fourth-order valence-electron chi connectivity index (χ4n) is 3.65. The Balaban J connectivity index is 1.55. The lowest BCUT2D eigenvalue weighted by atomic mass is 9.96. The Hall–Kier alpha value is -2.33. The van der Waals surface area contributed by atoms with Crippen LogP contribution in [-0.2, 0) is 26.0 Å². The Morgan fingerprint density at radius 1 is 1.19 bits per heavy atom. The monoisotopic (exact) mass is 466 g/mol. The summed E-state index contributed by atoms with van der Waals surface area (Å²) in [5.41, 5.74) is 1.15. The summed E-state index contributed by atoms with van der Waals surface area (Å²) in [6.07, 6.45) is 0.468. The number of anilines is 1. The summed E-state index contributed by atoms with van der Waals surface area (Å²) in [6.45, 7) is 1.50. The van der Waals surface area contributed by atoms with E-state index in [1.54, 1.807) is 18.2 Å². The first-order chi connectivity index (χ1) is 14.9. The molecule has 0 aromatic heterocycles. The van der Waals surface area contributed by atoms with Gasteiger partial charge in [-0.3, -0.25) is 4.79 Å². The molecule has 2 aromatic rings. The molecule has 0 bridgehead atoms. The molecule has 1 saturated heterocycles. The second kappa shape index (κ2) is 9.04. The van der Waals surface area contributed by atoms with E-state index < -0.39 is 15.9 Å². The third kappa shape index (κ3) is 4.64. The quantitative estimate of drug-likeness (QED) is 0.727. The first kappa shape index (κ1) is 21.9. The SMILES string of the molecule is COc1ccc(S(=O)(=O)N2CCOCC2)cc1NC(=O)C1COc2ccc(Cl)cc2C1. The molecule has 4 rings (SSSR count). The highest BCUT2D eigenvalue weighted by Crippen LogP contribution is 2.32. The molecule has 2 aliphatic heterocycles. The minimum absolute atomic E-state index is 0.0857. The van der Waals surface area contributed by atoms with Gasteiger partial charge in [0.05, 0.1) is 36.8 Å². The third-order valence-electron chi connectivity index (χ3n) is 5.34. The maximum absolute atomic E-state index is 13.0. The molecule has 1 fully saturated rings. The number of carbonyl (C=O) groups is 1. The summed E-state index contributed by atoms with van der Waals surface area (Å²) in [5.74, 6) is 0.346. The van der Waals surface area contributed by atoms with Crippen molar-refractivity contribution in [3.8, 4) is 11.5 Å². The van der Waals surface area contributed by atoms with Gasteiger partial charge in [-0.25, -0.2) is 8.42 Å². The number of carbonyl (C=O) groups excluding carboxylic acids is 1. The van der Waals surface area contributed by atoms with Crippen molar-refractivity contribution in [3.63, 3.8) is 0 Å². The zero-order valence-corrected chi connectivity index (χ0v) is 18.5. The second-order valence-corrected chi connectivity index (χ2v) is 9.71. The average molecular weight is 467 g/mol. The smallest absolute Gasteiger partial charge is 0.243 e. The van der Waals surface area contributed by atoms with Crippen LogP contribution >= 0.6 is 11.6 Å². The summed E-state index contributed by atoms with van der Waals surface area (Å²) in [6, 6.07) is 9.75. The van der Waals surface area contributed by atoms with Crippen molar-refractivity contribution in [1.82, 2.24) is 4.31 Å². The summed E-state index contributed by atoms with van der Waals surface area (Å²) in [7, 11) is -2.25. The molecule has 1 unspecified atom stereocenters. The molecule has 31 heavy (non-hydrogen) atoms. The van der Waals surface area contributed by atoms with Gasteiger partial charge in [-0.15, -0.1) is 0 Å². The van der Waals surface area contributed by atoms with E-state index in [4.69, 9.17) is 25.8 Å². The van der Waals surface area contributed by atoms with E-state index in [0.717, 1.165) is 5.56 Å². The maximum atomic E-state index is 13.0. The molecule has 1 amide bonds. The normalized spacial score (nSPS) is 19.2. The Morgan fingerprint density at radius 2 is 1.97 bits per heavy atom. The van der Waals surface area contributed by atoms with E-state index in [-0.39, 0.29) is 30.5 Å². The number of fused-ring (bicyclic) bond motifs is 1. The molecule has 2 aromatic carbocycles. The van der Waals surface area contributed by atoms with Gasteiger partial charge < -0.3 is 19.5 Å². The van der Waals surface area contributed by atoms with Crippen LogP contribution in [-0.4, -0.2) is 58.7 Å². The van der Waals surface area contributed by atoms with E-state index >= 15 is 0 Å². The molecule has 0 saturated carbocycles. The van der Waals surface area contributed by atoms with Crippen LogP contribution in [0.3, 0.4) is 0 Å². The minimum Gasteiger partial charge on any atom is -0.495 e.